The van der Waals surface area contributed by atoms with E-state index in [9.17, 15) is 14.4 Å². The first-order valence-corrected chi connectivity index (χ1v) is 10.1. The van der Waals surface area contributed by atoms with Crippen LogP contribution in [-0.2, 0) is 11.3 Å². The molecule has 29 heavy (non-hydrogen) atoms. The molecule has 0 bridgehead atoms. The third kappa shape index (κ3) is 3.93. The molecule has 0 aromatic heterocycles. The van der Waals surface area contributed by atoms with Gasteiger partial charge in [0.1, 0.15) is 6.04 Å². The summed E-state index contributed by atoms with van der Waals surface area (Å²) in [6.45, 7) is 4.76. The van der Waals surface area contributed by atoms with E-state index < -0.39 is 17.9 Å². The lowest BCUT2D eigenvalue weighted by Gasteiger charge is -2.26. The Balaban J connectivity index is 1.39. The van der Waals surface area contributed by atoms with Gasteiger partial charge >= 0.3 is 0 Å². The molecule has 1 fully saturated rings. The van der Waals surface area contributed by atoms with Gasteiger partial charge in [0.25, 0.3) is 11.8 Å². The number of imide groups is 1. The Morgan fingerprint density at radius 2 is 1.52 bits per heavy atom. The van der Waals surface area contributed by atoms with Crippen molar-refractivity contribution in [1.29, 1.82) is 0 Å². The minimum Gasteiger partial charge on any atom is -0.324 e. The van der Waals surface area contributed by atoms with E-state index >= 15 is 0 Å². The van der Waals surface area contributed by atoms with Gasteiger partial charge in [-0.05, 0) is 62.7 Å². The van der Waals surface area contributed by atoms with Gasteiger partial charge in [-0.15, -0.1) is 0 Å². The lowest BCUT2D eigenvalue weighted by Crippen LogP contribution is -2.45. The van der Waals surface area contributed by atoms with Crippen molar-refractivity contribution in [1.82, 2.24) is 9.80 Å². The lowest BCUT2D eigenvalue weighted by molar-refractivity contribution is -0.119. The lowest BCUT2D eigenvalue weighted by atomic mass is 10.1. The third-order valence-electron chi connectivity index (χ3n) is 5.67. The van der Waals surface area contributed by atoms with Crippen molar-refractivity contribution in [2.24, 2.45) is 0 Å². The van der Waals surface area contributed by atoms with Crippen LogP contribution >= 0.6 is 0 Å². The van der Waals surface area contributed by atoms with Crippen molar-refractivity contribution >= 4 is 23.4 Å². The van der Waals surface area contributed by atoms with E-state index in [0.717, 1.165) is 24.5 Å². The van der Waals surface area contributed by atoms with E-state index in [2.05, 4.69) is 10.2 Å². The Morgan fingerprint density at radius 3 is 2.10 bits per heavy atom. The normalized spacial score (nSPS) is 17.9. The molecule has 4 rings (SSSR count). The molecule has 0 saturated carbocycles. The first-order valence-electron chi connectivity index (χ1n) is 10.1. The molecule has 6 nitrogen and oxygen atoms in total. The molecule has 0 aliphatic carbocycles. The Morgan fingerprint density at radius 1 is 0.931 bits per heavy atom. The van der Waals surface area contributed by atoms with Crippen molar-refractivity contribution in [3.63, 3.8) is 0 Å². The largest absolute Gasteiger partial charge is 0.324 e. The molecule has 2 aliphatic heterocycles. The average molecular weight is 391 g/mol. The van der Waals surface area contributed by atoms with Gasteiger partial charge in [-0.25, -0.2) is 0 Å². The zero-order valence-corrected chi connectivity index (χ0v) is 16.6. The first kappa shape index (κ1) is 19.3. The minimum absolute atomic E-state index is 0.346. The first-order chi connectivity index (χ1) is 14.0. The quantitative estimate of drug-likeness (QED) is 0.794. The van der Waals surface area contributed by atoms with Crippen LogP contribution < -0.4 is 5.32 Å². The smallest absolute Gasteiger partial charge is 0.262 e. The molecule has 2 heterocycles. The Hall–Kier alpha value is -2.99. The van der Waals surface area contributed by atoms with Crippen LogP contribution in [0.5, 0.6) is 0 Å². The van der Waals surface area contributed by atoms with Crippen LogP contribution in [0.15, 0.2) is 48.5 Å². The number of hydrogen-bond acceptors (Lipinski definition) is 4. The minimum atomic E-state index is -0.893. The highest BCUT2D eigenvalue weighted by Crippen LogP contribution is 2.25. The van der Waals surface area contributed by atoms with Gasteiger partial charge in [0.2, 0.25) is 5.91 Å². The summed E-state index contributed by atoms with van der Waals surface area (Å²) in [5, 5.41) is 2.82. The average Bonchev–Trinajstić information content (AvgIpc) is 3.00. The number of carbonyl (C=O) groups is 3. The number of likely N-dealkylation sites (tertiary alicyclic amines) is 1. The summed E-state index contributed by atoms with van der Waals surface area (Å²) < 4.78 is 0. The predicted molar refractivity (Wildman–Crippen MR) is 111 cm³/mol. The molecule has 6 heteroatoms. The van der Waals surface area contributed by atoms with E-state index in [1.807, 2.05) is 24.3 Å². The number of carbonyl (C=O) groups excluding carboxylic acids is 3. The molecule has 2 aliphatic rings. The summed E-state index contributed by atoms with van der Waals surface area (Å²) in [7, 11) is 0. The molecule has 1 saturated heterocycles. The molecule has 0 spiro atoms. The van der Waals surface area contributed by atoms with Crippen LogP contribution in [-0.4, -0.2) is 46.7 Å². The molecular formula is C23H25N3O3. The van der Waals surface area contributed by atoms with Crippen LogP contribution in [0.4, 0.5) is 5.69 Å². The van der Waals surface area contributed by atoms with Crippen LogP contribution in [0.2, 0.25) is 0 Å². The zero-order valence-electron chi connectivity index (χ0n) is 16.6. The number of nitrogens with zero attached hydrogens (tertiary/aromatic N) is 2. The molecule has 3 amide bonds. The molecule has 2 aromatic carbocycles. The third-order valence-corrected chi connectivity index (χ3v) is 5.67. The number of hydrogen-bond donors (Lipinski definition) is 1. The van der Waals surface area contributed by atoms with Crippen LogP contribution in [0.1, 0.15) is 52.5 Å². The highest BCUT2D eigenvalue weighted by Gasteiger charge is 2.40. The number of amides is 3. The van der Waals surface area contributed by atoms with Gasteiger partial charge in [0.15, 0.2) is 0 Å². The van der Waals surface area contributed by atoms with Crippen molar-refractivity contribution in [2.45, 2.75) is 38.8 Å². The van der Waals surface area contributed by atoms with Crippen molar-refractivity contribution < 1.29 is 14.4 Å². The van der Waals surface area contributed by atoms with Crippen LogP contribution in [0, 0.1) is 0 Å². The molecule has 1 N–H and O–H groups in total. The highest BCUT2D eigenvalue weighted by atomic mass is 16.2. The molecule has 1 atom stereocenters. The molecule has 150 valence electrons. The van der Waals surface area contributed by atoms with Gasteiger partial charge in [0, 0.05) is 12.2 Å². The van der Waals surface area contributed by atoms with Gasteiger partial charge in [-0.3, -0.25) is 24.2 Å². The second-order valence-electron chi connectivity index (χ2n) is 7.72. The fourth-order valence-corrected chi connectivity index (χ4v) is 3.99. The monoisotopic (exact) mass is 391 g/mol. The summed E-state index contributed by atoms with van der Waals surface area (Å²) >= 11 is 0. The summed E-state index contributed by atoms with van der Waals surface area (Å²) in [5.41, 5.74) is 2.55. The van der Waals surface area contributed by atoms with E-state index in [1.54, 1.807) is 31.2 Å². The maximum atomic E-state index is 12.7. The van der Waals surface area contributed by atoms with E-state index in [4.69, 9.17) is 0 Å². The molecule has 0 radical (unpaired) electrons. The summed E-state index contributed by atoms with van der Waals surface area (Å²) in [4.78, 5) is 41.3. The van der Waals surface area contributed by atoms with Crippen molar-refractivity contribution in [3.8, 4) is 0 Å². The number of rotatable bonds is 5. The second kappa shape index (κ2) is 8.17. The fourth-order valence-electron chi connectivity index (χ4n) is 3.99. The second-order valence-corrected chi connectivity index (χ2v) is 7.72. The molecule has 2 aromatic rings. The molecule has 1 unspecified atom stereocenters. The SMILES string of the molecule is CC(C(=O)Nc1ccc(CN2CCCCC2)cc1)N1C(=O)c2ccccc2C1=O. The van der Waals surface area contributed by atoms with Gasteiger partial charge in [-0.2, -0.15) is 0 Å². The van der Waals surface area contributed by atoms with Gasteiger partial charge in [-0.1, -0.05) is 30.7 Å². The standard InChI is InChI=1S/C23H25N3O3/c1-16(26-22(28)19-7-3-4-8-20(19)23(26)29)21(27)24-18-11-9-17(10-12-18)15-25-13-5-2-6-14-25/h3-4,7-12,16H,2,5-6,13-15H2,1H3,(H,24,27). The van der Waals surface area contributed by atoms with Gasteiger partial charge in [0.05, 0.1) is 11.1 Å². The Bertz CT molecular complexity index is 898. The summed E-state index contributed by atoms with van der Waals surface area (Å²) in [6, 6.07) is 13.5. The van der Waals surface area contributed by atoms with Gasteiger partial charge < -0.3 is 5.32 Å². The fraction of sp³-hybridized carbons (Fsp3) is 0.348. The van der Waals surface area contributed by atoms with E-state index in [0.29, 0.717) is 16.8 Å². The maximum absolute atomic E-state index is 12.7. The van der Waals surface area contributed by atoms with E-state index in [1.165, 1.54) is 24.8 Å². The number of fused-ring (bicyclic) bond motifs is 1. The number of nitrogens with one attached hydrogen (secondary N) is 1. The number of anilines is 1. The van der Waals surface area contributed by atoms with E-state index in [-0.39, 0.29) is 5.91 Å². The van der Waals surface area contributed by atoms with Crippen LogP contribution in [0.25, 0.3) is 0 Å². The Labute approximate surface area is 170 Å². The molecular weight excluding hydrogens is 366 g/mol. The van der Waals surface area contributed by atoms with Crippen molar-refractivity contribution in [2.75, 3.05) is 18.4 Å². The predicted octanol–water partition coefficient (Wildman–Crippen LogP) is 3.30. The van der Waals surface area contributed by atoms with Crippen LogP contribution in [0.3, 0.4) is 0 Å². The number of benzene rings is 2. The number of piperidine rings is 1. The Kier molecular flexibility index (Phi) is 5.45. The van der Waals surface area contributed by atoms with Crippen molar-refractivity contribution in [3.05, 3.63) is 65.2 Å². The zero-order chi connectivity index (χ0) is 20.4. The topological polar surface area (TPSA) is 69.7 Å². The maximum Gasteiger partial charge on any atom is 0.262 e. The highest BCUT2D eigenvalue weighted by molar-refractivity contribution is 6.23. The summed E-state index contributed by atoms with van der Waals surface area (Å²) in [5.74, 6) is -1.24. The summed E-state index contributed by atoms with van der Waals surface area (Å²) in [6.07, 6.45) is 3.82.